The lowest BCUT2D eigenvalue weighted by atomic mass is 9.89. The molecule has 0 saturated carbocycles. The number of rotatable bonds is 5. The molecule has 2 unspecified atom stereocenters. The van der Waals surface area contributed by atoms with Crippen LogP contribution in [0.25, 0.3) is 0 Å². The van der Waals surface area contributed by atoms with Gasteiger partial charge in [-0.15, -0.1) is 0 Å². The van der Waals surface area contributed by atoms with Crippen molar-refractivity contribution in [1.29, 1.82) is 5.26 Å². The maximum atomic E-state index is 11.7. The van der Waals surface area contributed by atoms with Crippen molar-refractivity contribution in [1.82, 2.24) is 10.6 Å². The van der Waals surface area contributed by atoms with Crippen molar-refractivity contribution in [2.45, 2.75) is 57.0 Å². The lowest BCUT2D eigenvalue weighted by Crippen LogP contribution is -2.39. The normalized spacial score (nSPS) is 30.9. The highest BCUT2D eigenvalue weighted by Gasteiger charge is 2.33. The molecule has 2 aliphatic rings. The van der Waals surface area contributed by atoms with Crippen LogP contribution in [0.2, 0.25) is 0 Å². The zero-order valence-electron chi connectivity index (χ0n) is 10.2. The molecule has 2 fully saturated rings. The summed E-state index contributed by atoms with van der Waals surface area (Å²) < 4.78 is 0. The second kappa shape index (κ2) is 6.02. The summed E-state index contributed by atoms with van der Waals surface area (Å²) in [6, 6.07) is 3.40. The highest BCUT2D eigenvalue weighted by Crippen LogP contribution is 2.32. The van der Waals surface area contributed by atoms with E-state index in [0.29, 0.717) is 37.4 Å². The minimum atomic E-state index is 0.161. The second-order valence-electron chi connectivity index (χ2n) is 5.29. The summed E-state index contributed by atoms with van der Waals surface area (Å²) in [4.78, 5) is 11.7. The Kier molecular flexibility index (Phi) is 4.38. The van der Waals surface area contributed by atoms with Crippen LogP contribution < -0.4 is 10.6 Å². The molecule has 0 aromatic rings. The number of nitriles is 1. The first-order valence-corrected chi connectivity index (χ1v) is 6.67. The fraction of sp³-hybridized carbons (Fsp3) is 0.846. The molecule has 2 N–H and O–H groups in total. The van der Waals surface area contributed by atoms with Crippen LogP contribution in [-0.2, 0) is 4.79 Å². The SMILES string of the molecule is N#CCCCNC(=O)CC1CC2CCC(C1)N2. The van der Waals surface area contributed by atoms with Crippen LogP contribution in [-0.4, -0.2) is 24.5 Å². The van der Waals surface area contributed by atoms with Gasteiger partial charge in [0, 0.05) is 31.5 Å². The average Bonchev–Trinajstić information content (AvgIpc) is 2.64. The fourth-order valence-corrected chi connectivity index (χ4v) is 3.07. The van der Waals surface area contributed by atoms with Gasteiger partial charge in [-0.05, 0) is 38.0 Å². The largest absolute Gasteiger partial charge is 0.356 e. The van der Waals surface area contributed by atoms with E-state index in [-0.39, 0.29) is 5.91 Å². The molecule has 2 heterocycles. The average molecular weight is 235 g/mol. The number of amides is 1. The standard InChI is InChI=1S/C13H21N3O/c14-5-1-2-6-15-13(17)9-10-7-11-3-4-12(8-10)16-11/h10-12,16H,1-4,6-9H2,(H,15,17). The molecule has 4 nitrogen and oxygen atoms in total. The number of carbonyl (C=O) groups excluding carboxylic acids is 1. The maximum absolute atomic E-state index is 11.7. The Balaban J connectivity index is 1.63. The fourth-order valence-electron chi connectivity index (χ4n) is 3.07. The van der Waals surface area contributed by atoms with Gasteiger partial charge in [-0.2, -0.15) is 5.26 Å². The molecule has 0 radical (unpaired) electrons. The van der Waals surface area contributed by atoms with Crippen LogP contribution >= 0.6 is 0 Å². The Morgan fingerprint density at radius 1 is 1.35 bits per heavy atom. The molecule has 2 aliphatic heterocycles. The summed E-state index contributed by atoms with van der Waals surface area (Å²) in [6.07, 6.45) is 6.83. The molecule has 94 valence electrons. The van der Waals surface area contributed by atoms with Gasteiger partial charge in [-0.3, -0.25) is 4.79 Å². The van der Waals surface area contributed by atoms with Gasteiger partial charge in [0.15, 0.2) is 0 Å². The molecule has 17 heavy (non-hydrogen) atoms. The van der Waals surface area contributed by atoms with Gasteiger partial charge in [0.05, 0.1) is 6.07 Å². The molecule has 0 aromatic carbocycles. The monoisotopic (exact) mass is 235 g/mol. The Morgan fingerprint density at radius 2 is 2.06 bits per heavy atom. The van der Waals surface area contributed by atoms with Crippen LogP contribution in [0.5, 0.6) is 0 Å². The summed E-state index contributed by atoms with van der Waals surface area (Å²) in [5, 5.41) is 14.9. The summed E-state index contributed by atoms with van der Waals surface area (Å²) >= 11 is 0. The van der Waals surface area contributed by atoms with Gasteiger partial charge in [-0.1, -0.05) is 0 Å². The number of unbranched alkanes of at least 4 members (excludes halogenated alkanes) is 1. The van der Waals surface area contributed by atoms with E-state index in [1.807, 2.05) is 0 Å². The van der Waals surface area contributed by atoms with Crippen LogP contribution in [0, 0.1) is 17.2 Å². The topological polar surface area (TPSA) is 64.9 Å². The Bertz CT molecular complexity index is 298. The van der Waals surface area contributed by atoms with Crippen LogP contribution in [0.1, 0.15) is 44.9 Å². The van der Waals surface area contributed by atoms with E-state index in [2.05, 4.69) is 16.7 Å². The molecule has 2 rings (SSSR count). The predicted octanol–water partition coefficient (Wildman–Crippen LogP) is 1.33. The number of piperidine rings is 1. The summed E-state index contributed by atoms with van der Waals surface area (Å²) in [7, 11) is 0. The third-order valence-electron chi connectivity index (χ3n) is 3.83. The zero-order valence-corrected chi connectivity index (χ0v) is 10.2. The third kappa shape index (κ3) is 3.71. The highest BCUT2D eigenvalue weighted by atomic mass is 16.1. The first kappa shape index (κ1) is 12.4. The summed E-state index contributed by atoms with van der Waals surface area (Å²) in [5.74, 6) is 0.721. The highest BCUT2D eigenvalue weighted by molar-refractivity contribution is 5.76. The quantitative estimate of drug-likeness (QED) is 0.706. The van der Waals surface area contributed by atoms with Gasteiger partial charge in [0.25, 0.3) is 0 Å². The zero-order chi connectivity index (χ0) is 12.1. The van der Waals surface area contributed by atoms with Crippen molar-refractivity contribution in [3.63, 3.8) is 0 Å². The van der Waals surface area contributed by atoms with E-state index in [9.17, 15) is 4.79 Å². The predicted molar refractivity (Wildman–Crippen MR) is 65.1 cm³/mol. The first-order chi connectivity index (χ1) is 8.28. The second-order valence-corrected chi connectivity index (χ2v) is 5.29. The van der Waals surface area contributed by atoms with E-state index >= 15 is 0 Å². The molecule has 0 aliphatic carbocycles. The smallest absolute Gasteiger partial charge is 0.220 e. The van der Waals surface area contributed by atoms with Gasteiger partial charge in [0.1, 0.15) is 0 Å². The van der Waals surface area contributed by atoms with Crippen molar-refractivity contribution in [3.8, 4) is 6.07 Å². The number of nitrogens with one attached hydrogen (secondary N) is 2. The lowest BCUT2D eigenvalue weighted by Gasteiger charge is -2.28. The van der Waals surface area contributed by atoms with Gasteiger partial charge in [-0.25, -0.2) is 0 Å². The lowest BCUT2D eigenvalue weighted by molar-refractivity contribution is -0.122. The number of nitrogens with zero attached hydrogens (tertiary/aromatic N) is 1. The first-order valence-electron chi connectivity index (χ1n) is 6.67. The van der Waals surface area contributed by atoms with Crippen molar-refractivity contribution in [2.24, 2.45) is 5.92 Å². The molecular formula is C13H21N3O. The van der Waals surface area contributed by atoms with E-state index in [4.69, 9.17) is 5.26 Å². The van der Waals surface area contributed by atoms with Crippen molar-refractivity contribution in [2.75, 3.05) is 6.54 Å². The minimum Gasteiger partial charge on any atom is -0.356 e. The van der Waals surface area contributed by atoms with E-state index in [0.717, 1.165) is 19.3 Å². The molecular weight excluding hydrogens is 214 g/mol. The maximum Gasteiger partial charge on any atom is 0.220 e. The van der Waals surface area contributed by atoms with E-state index in [1.165, 1.54) is 12.8 Å². The summed E-state index contributed by atoms with van der Waals surface area (Å²) in [5.41, 5.74) is 0. The Labute approximate surface area is 103 Å². The Hall–Kier alpha value is -1.08. The van der Waals surface area contributed by atoms with Crippen LogP contribution in [0.4, 0.5) is 0 Å². The van der Waals surface area contributed by atoms with E-state index in [1.54, 1.807) is 0 Å². The molecule has 2 saturated heterocycles. The van der Waals surface area contributed by atoms with E-state index < -0.39 is 0 Å². The van der Waals surface area contributed by atoms with Crippen molar-refractivity contribution < 1.29 is 4.79 Å². The minimum absolute atomic E-state index is 0.161. The molecule has 2 atom stereocenters. The molecule has 0 aromatic heterocycles. The third-order valence-corrected chi connectivity index (χ3v) is 3.83. The van der Waals surface area contributed by atoms with Crippen LogP contribution in [0.15, 0.2) is 0 Å². The van der Waals surface area contributed by atoms with Crippen molar-refractivity contribution >= 4 is 5.91 Å². The molecule has 1 amide bonds. The number of hydrogen-bond donors (Lipinski definition) is 2. The van der Waals surface area contributed by atoms with Gasteiger partial charge < -0.3 is 10.6 Å². The Morgan fingerprint density at radius 3 is 2.71 bits per heavy atom. The molecule has 2 bridgehead atoms. The number of hydrogen-bond acceptors (Lipinski definition) is 3. The van der Waals surface area contributed by atoms with Gasteiger partial charge in [0.2, 0.25) is 5.91 Å². The molecule has 4 heteroatoms. The van der Waals surface area contributed by atoms with Crippen LogP contribution in [0.3, 0.4) is 0 Å². The van der Waals surface area contributed by atoms with Gasteiger partial charge >= 0.3 is 0 Å². The van der Waals surface area contributed by atoms with Crippen molar-refractivity contribution in [3.05, 3.63) is 0 Å². The summed E-state index contributed by atoms with van der Waals surface area (Å²) in [6.45, 7) is 0.643. The number of fused-ring (bicyclic) bond motifs is 2. The number of carbonyl (C=O) groups is 1. The molecule has 0 spiro atoms.